The summed E-state index contributed by atoms with van der Waals surface area (Å²) in [5, 5.41) is 10.9. The lowest BCUT2D eigenvalue weighted by Crippen LogP contribution is -1.83. The van der Waals surface area contributed by atoms with Gasteiger partial charge in [-0.2, -0.15) is 5.11 Å². The van der Waals surface area contributed by atoms with Gasteiger partial charge in [0.05, 0.1) is 11.9 Å². The highest BCUT2D eigenvalue weighted by Gasteiger charge is 1.99. The van der Waals surface area contributed by atoms with Crippen molar-refractivity contribution >= 4 is 17.0 Å². The molecule has 0 fully saturated rings. The third kappa shape index (κ3) is 0.567. The molecule has 1 heterocycles. The lowest BCUT2D eigenvalue weighted by molar-refractivity contribution is 1.19. The highest BCUT2D eigenvalue weighted by Crippen LogP contribution is 2.11. The normalized spacial score (nSPS) is 19.7. The van der Waals surface area contributed by atoms with E-state index in [4.69, 9.17) is 5.41 Å². The zero-order valence-electron chi connectivity index (χ0n) is 3.01. The molecule has 0 atom stereocenters. The Morgan fingerprint density at radius 2 is 2.67 bits per heavy atom. The quantitative estimate of drug-likeness (QED) is 0.456. The summed E-state index contributed by atoms with van der Waals surface area (Å²) in [6.45, 7) is 0.491. The van der Waals surface area contributed by atoms with Gasteiger partial charge in [-0.1, -0.05) is 0 Å². The molecule has 0 aliphatic carbocycles. The van der Waals surface area contributed by atoms with Crippen LogP contribution in [0.25, 0.3) is 0 Å². The molecule has 6 heavy (non-hydrogen) atoms. The van der Waals surface area contributed by atoms with Crippen LogP contribution in [-0.2, 0) is 0 Å². The maximum atomic E-state index is 6.82. The van der Waals surface area contributed by atoms with Crippen molar-refractivity contribution in [1.82, 2.24) is 0 Å². The van der Waals surface area contributed by atoms with E-state index in [1.165, 1.54) is 0 Å². The highest BCUT2D eigenvalue weighted by atomic mass is 32.2. The van der Waals surface area contributed by atoms with Crippen LogP contribution in [0.4, 0.5) is 0 Å². The van der Waals surface area contributed by atoms with Crippen LogP contribution >= 0.6 is 11.9 Å². The second-order valence-electron chi connectivity index (χ2n) is 0.896. The average molecular weight is 101 g/mol. The Morgan fingerprint density at radius 3 is 2.83 bits per heavy atom. The Hall–Kier alpha value is -0.380. The van der Waals surface area contributed by atoms with Gasteiger partial charge in [0.25, 0.3) is 0 Å². The fourth-order valence-corrected chi connectivity index (χ4v) is 0.530. The van der Waals surface area contributed by atoms with Crippen molar-refractivity contribution in [3.63, 3.8) is 0 Å². The standard InChI is InChI=1S/C2H3N3S/c3-2-1-4-5-6-2/h3H,1H2. The maximum absolute atomic E-state index is 6.82. The average Bonchev–Trinajstić information content (AvgIpc) is 1.86. The van der Waals surface area contributed by atoms with E-state index < -0.39 is 0 Å². The molecule has 0 radical (unpaired) electrons. The molecule has 0 aromatic heterocycles. The molecule has 0 spiro atoms. The van der Waals surface area contributed by atoms with Gasteiger partial charge in [0.15, 0.2) is 0 Å². The lowest BCUT2D eigenvalue weighted by Gasteiger charge is -1.71. The predicted octanol–water partition coefficient (Wildman–Crippen LogP) is 1.08. The van der Waals surface area contributed by atoms with E-state index in [-0.39, 0.29) is 0 Å². The molecule has 1 rings (SSSR count). The summed E-state index contributed by atoms with van der Waals surface area (Å²) in [5.74, 6) is 0. The van der Waals surface area contributed by atoms with Crippen molar-refractivity contribution in [3.8, 4) is 0 Å². The van der Waals surface area contributed by atoms with Crippen LogP contribution in [0.5, 0.6) is 0 Å². The smallest absolute Gasteiger partial charge is 0.112 e. The molecule has 0 aromatic carbocycles. The molecule has 1 aliphatic rings. The molecule has 0 unspecified atom stereocenters. The second kappa shape index (κ2) is 1.38. The van der Waals surface area contributed by atoms with Gasteiger partial charge in [-0.3, -0.25) is 5.41 Å². The molecule has 0 aromatic rings. The van der Waals surface area contributed by atoms with E-state index in [9.17, 15) is 0 Å². The van der Waals surface area contributed by atoms with Gasteiger partial charge in [-0.05, 0) is 0 Å². The van der Waals surface area contributed by atoms with Crippen molar-refractivity contribution in [2.45, 2.75) is 0 Å². The predicted molar refractivity (Wildman–Crippen MR) is 25.0 cm³/mol. The molecule has 0 saturated carbocycles. The summed E-state index contributed by atoms with van der Waals surface area (Å²) in [5.41, 5.74) is 0. The van der Waals surface area contributed by atoms with Crippen molar-refractivity contribution < 1.29 is 0 Å². The minimum atomic E-state index is 0.491. The molecular weight excluding hydrogens is 98.1 g/mol. The zero-order valence-corrected chi connectivity index (χ0v) is 3.83. The number of nitrogens with zero attached hydrogens (tertiary/aromatic N) is 2. The first-order valence-corrected chi connectivity index (χ1v) is 2.28. The Kier molecular flexibility index (Phi) is 0.874. The summed E-state index contributed by atoms with van der Waals surface area (Å²) < 4.78 is 3.48. The number of rotatable bonds is 0. The monoisotopic (exact) mass is 101 g/mol. The van der Waals surface area contributed by atoms with Gasteiger partial charge in [-0.15, -0.1) is 4.52 Å². The molecule has 1 aliphatic heterocycles. The van der Waals surface area contributed by atoms with Gasteiger partial charge in [0.2, 0.25) is 0 Å². The number of nitrogens with one attached hydrogen (secondary N) is 1. The number of hydrogen-bond acceptors (Lipinski definition) is 4. The van der Waals surface area contributed by atoms with E-state index in [1.54, 1.807) is 0 Å². The minimum absolute atomic E-state index is 0.491. The van der Waals surface area contributed by atoms with Crippen LogP contribution in [0.3, 0.4) is 0 Å². The maximum Gasteiger partial charge on any atom is 0.112 e. The highest BCUT2D eigenvalue weighted by molar-refractivity contribution is 8.12. The molecule has 3 nitrogen and oxygen atoms in total. The number of hydrogen-bond donors (Lipinski definition) is 1. The van der Waals surface area contributed by atoms with Crippen LogP contribution < -0.4 is 0 Å². The van der Waals surface area contributed by atoms with E-state index in [2.05, 4.69) is 9.63 Å². The fraction of sp³-hybridized carbons (Fsp3) is 0.500. The first kappa shape index (κ1) is 3.80. The first-order chi connectivity index (χ1) is 2.89. The molecule has 0 saturated heterocycles. The van der Waals surface area contributed by atoms with Crippen LogP contribution in [0.1, 0.15) is 0 Å². The summed E-state index contributed by atoms with van der Waals surface area (Å²) in [6.07, 6.45) is 0. The van der Waals surface area contributed by atoms with Crippen LogP contribution in [-0.4, -0.2) is 11.6 Å². The van der Waals surface area contributed by atoms with Crippen molar-refractivity contribution in [1.29, 1.82) is 5.41 Å². The van der Waals surface area contributed by atoms with Gasteiger partial charge in [0.1, 0.15) is 11.6 Å². The minimum Gasteiger partial charge on any atom is -0.295 e. The van der Waals surface area contributed by atoms with Crippen molar-refractivity contribution in [2.75, 3.05) is 6.54 Å². The van der Waals surface area contributed by atoms with Gasteiger partial charge < -0.3 is 0 Å². The third-order valence-electron chi connectivity index (χ3n) is 0.423. The van der Waals surface area contributed by atoms with E-state index in [1.807, 2.05) is 0 Å². The largest absolute Gasteiger partial charge is 0.295 e. The Bertz CT molecular complexity index is 87.0. The third-order valence-corrected chi connectivity index (χ3v) is 0.970. The lowest BCUT2D eigenvalue weighted by atomic mass is 10.8. The molecule has 1 N–H and O–H groups in total. The Labute approximate surface area is 39.5 Å². The van der Waals surface area contributed by atoms with E-state index >= 15 is 0 Å². The summed E-state index contributed by atoms with van der Waals surface area (Å²) >= 11 is 1.14. The Balaban J connectivity index is 2.52. The second-order valence-corrected chi connectivity index (χ2v) is 1.73. The van der Waals surface area contributed by atoms with Crippen molar-refractivity contribution in [2.24, 2.45) is 9.63 Å². The van der Waals surface area contributed by atoms with Crippen molar-refractivity contribution in [3.05, 3.63) is 0 Å². The molecule has 32 valence electrons. The topological polar surface area (TPSA) is 48.6 Å². The molecule has 4 heteroatoms. The zero-order chi connectivity index (χ0) is 4.41. The van der Waals surface area contributed by atoms with Crippen LogP contribution in [0.15, 0.2) is 9.63 Å². The van der Waals surface area contributed by atoms with E-state index in [0.717, 1.165) is 11.9 Å². The molecule has 0 amide bonds. The fourth-order valence-electron chi connectivity index (χ4n) is 0.200. The SMILES string of the molecule is N=C1CN=NS1. The van der Waals surface area contributed by atoms with Gasteiger partial charge in [0, 0.05) is 0 Å². The van der Waals surface area contributed by atoms with Crippen LogP contribution in [0, 0.1) is 5.41 Å². The van der Waals surface area contributed by atoms with Gasteiger partial charge >= 0.3 is 0 Å². The molecular formula is C2H3N3S. The van der Waals surface area contributed by atoms with Crippen LogP contribution in [0.2, 0.25) is 0 Å². The van der Waals surface area contributed by atoms with E-state index in [0.29, 0.717) is 11.6 Å². The Morgan fingerprint density at radius 1 is 1.83 bits per heavy atom. The summed E-state index contributed by atoms with van der Waals surface area (Å²) in [7, 11) is 0. The first-order valence-electron chi connectivity index (χ1n) is 1.51. The summed E-state index contributed by atoms with van der Waals surface area (Å²) in [6, 6.07) is 0. The summed E-state index contributed by atoms with van der Waals surface area (Å²) in [4.78, 5) is 0. The van der Waals surface area contributed by atoms with Gasteiger partial charge in [-0.25, -0.2) is 0 Å². The molecule has 0 bridgehead atoms.